The fraction of sp³-hybridized carbons (Fsp3) is 0.500. The molecule has 15 heavy (non-hydrogen) atoms. The molecule has 82 valence electrons. The van der Waals surface area contributed by atoms with Gasteiger partial charge in [-0.2, -0.15) is 0 Å². The summed E-state index contributed by atoms with van der Waals surface area (Å²) < 4.78 is 10.7. The zero-order chi connectivity index (χ0) is 10.6. The maximum Gasteiger partial charge on any atom is 0.189 e. The van der Waals surface area contributed by atoms with Crippen molar-refractivity contribution in [1.82, 2.24) is 0 Å². The molecule has 0 atom stereocenters. The zero-order valence-electron chi connectivity index (χ0n) is 8.69. The summed E-state index contributed by atoms with van der Waals surface area (Å²) in [6.07, 6.45) is 2.13. The molecule has 0 amide bonds. The molecule has 0 aliphatic heterocycles. The van der Waals surface area contributed by atoms with Crippen molar-refractivity contribution in [1.29, 1.82) is 0 Å². The summed E-state index contributed by atoms with van der Waals surface area (Å²) in [6, 6.07) is 9.57. The van der Waals surface area contributed by atoms with Crippen LogP contribution in [0.1, 0.15) is 12.8 Å². The summed E-state index contributed by atoms with van der Waals surface area (Å²) in [5.74, 6) is 0.811. The Labute approximate surface area is 89.6 Å². The van der Waals surface area contributed by atoms with Crippen molar-refractivity contribution >= 4 is 0 Å². The predicted octanol–water partition coefficient (Wildman–Crippen LogP) is 1.81. The van der Waals surface area contributed by atoms with Crippen LogP contribution in [0.4, 0.5) is 0 Å². The number of ether oxygens (including phenoxy) is 2. The van der Waals surface area contributed by atoms with Gasteiger partial charge >= 0.3 is 0 Å². The van der Waals surface area contributed by atoms with Gasteiger partial charge in [0.2, 0.25) is 0 Å². The summed E-state index contributed by atoms with van der Waals surface area (Å²) in [6.45, 7) is 1.07. The lowest BCUT2D eigenvalue weighted by Crippen LogP contribution is -2.17. The average Bonchev–Trinajstić information content (AvgIpc) is 3.07. The zero-order valence-corrected chi connectivity index (χ0v) is 8.69. The van der Waals surface area contributed by atoms with E-state index >= 15 is 0 Å². The Morgan fingerprint density at radius 1 is 1.20 bits per heavy atom. The minimum atomic E-state index is 0.0417. The fourth-order valence-electron chi connectivity index (χ4n) is 1.41. The highest BCUT2D eigenvalue weighted by Crippen LogP contribution is 2.45. The normalized spacial score (nSPS) is 17.4. The molecular weight excluding hydrogens is 192 g/mol. The SMILES string of the molecule is OCC1(COCOc2ccccc2)CC1. The van der Waals surface area contributed by atoms with Crippen molar-refractivity contribution in [2.45, 2.75) is 12.8 Å². The molecule has 1 N–H and O–H groups in total. The van der Waals surface area contributed by atoms with Gasteiger partial charge in [0.15, 0.2) is 6.79 Å². The number of aliphatic hydroxyl groups is 1. The van der Waals surface area contributed by atoms with E-state index in [1.807, 2.05) is 30.3 Å². The first kappa shape index (κ1) is 10.5. The first-order chi connectivity index (χ1) is 7.35. The third-order valence-electron chi connectivity index (χ3n) is 2.75. The van der Waals surface area contributed by atoms with Gasteiger partial charge in [-0.15, -0.1) is 0 Å². The van der Waals surface area contributed by atoms with Crippen LogP contribution >= 0.6 is 0 Å². The molecule has 3 nitrogen and oxygen atoms in total. The van der Waals surface area contributed by atoms with Gasteiger partial charge in [0.05, 0.1) is 13.2 Å². The average molecular weight is 208 g/mol. The van der Waals surface area contributed by atoms with Crippen LogP contribution in [0.3, 0.4) is 0 Å². The topological polar surface area (TPSA) is 38.7 Å². The highest BCUT2D eigenvalue weighted by atomic mass is 16.7. The van der Waals surface area contributed by atoms with Gasteiger partial charge in [-0.05, 0) is 25.0 Å². The van der Waals surface area contributed by atoms with E-state index in [-0.39, 0.29) is 18.8 Å². The van der Waals surface area contributed by atoms with Crippen LogP contribution in [-0.4, -0.2) is 25.1 Å². The minimum absolute atomic E-state index is 0.0417. The second-order valence-corrected chi connectivity index (χ2v) is 4.08. The van der Waals surface area contributed by atoms with E-state index in [2.05, 4.69) is 0 Å². The quantitative estimate of drug-likeness (QED) is 0.572. The second kappa shape index (κ2) is 4.64. The number of rotatable bonds is 6. The predicted molar refractivity (Wildman–Crippen MR) is 56.6 cm³/mol. The van der Waals surface area contributed by atoms with E-state index in [0.29, 0.717) is 6.61 Å². The maximum atomic E-state index is 9.05. The Hall–Kier alpha value is -1.06. The summed E-state index contributed by atoms with van der Waals surface area (Å²) >= 11 is 0. The molecule has 1 aliphatic rings. The molecule has 1 aliphatic carbocycles. The third-order valence-corrected chi connectivity index (χ3v) is 2.75. The molecule has 0 aromatic heterocycles. The van der Waals surface area contributed by atoms with Gasteiger partial charge in [-0.3, -0.25) is 0 Å². The number of aliphatic hydroxyl groups excluding tert-OH is 1. The van der Waals surface area contributed by atoms with E-state index in [1.165, 1.54) is 0 Å². The lowest BCUT2D eigenvalue weighted by Gasteiger charge is -2.12. The molecule has 0 heterocycles. The molecule has 1 aromatic rings. The Kier molecular flexibility index (Phi) is 3.23. The first-order valence-corrected chi connectivity index (χ1v) is 5.21. The van der Waals surface area contributed by atoms with E-state index in [1.54, 1.807) is 0 Å². The van der Waals surface area contributed by atoms with E-state index in [4.69, 9.17) is 14.6 Å². The van der Waals surface area contributed by atoms with Crippen molar-refractivity contribution in [3.05, 3.63) is 30.3 Å². The molecule has 2 rings (SSSR count). The standard InChI is InChI=1S/C12H16O3/c13-8-12(6-7-12)9-14-10-15-11-4-2-1-3-5-11/h1-5,13H,6-10H2. The van der Waals surface area contributed by atoms with Crippen molar-refractivity contribution in [3.8, 4) is 5.75 Å². The van der Waals surface area contributed by atoms with E-state index in [0.717, 1.165) is 18.6 Å². The number of hydrogen-bond acceptors (Lipinski definition) is 3. The number of hydrogen-bond donors (Lipinski definition) is 1. The first-order valence-electron chi connectivity index (χ1n) is 5.21. The molecule has 0 spiro atoms. The molecular formula is C12H16O3. The smallest absolute Gasteiger partial charge is 0.189 e. The Bertz CT molecular complexity index is 293. The summed E-state index contributed by atoms with van der Waals surface area (Å²) in [4.78, 5) is 0. The van der Waals surface area contributed by atoms with Crippen LogP contribution in [0.25, 0.3) is 0 Å². The molecule has 0 bridgehead atoms. The Morgan fingerprint density at radius 2 is 1.93 bits per heavy atom. The third kappa shape index (κ3) is 2.94. The van der Waals surface area contributed by atoms with Gasteiger partial charge in [-0.25, -0.2) is 0 Å². The van der Waals surface area contributed by atoms with Crippen molar-refractivity contribution < 1.29 is 14.6 Å². The molecule has 1 fully saturated rings. The van der Waals surface area contributed by atoms with E-state index < -0.39 is 0 Å². The van der Waals surface area contributed by atoms with Gasteiger partial charge in [-0.1, -0.05) is 18.2 Å². The molecule has 1 saturated carbocycles. The monoisotopic (exact) mass is 208 g/mol. The molecule has 0 radical (unpaired) electrons. The maximum absolute atomic E-state index is 9.05. The van der Waals surface area contributed by atoms with Crippen molar-refractivity contribution in [3.63, 3.8) is 0 Å². The van der Waals surface area contributed by atoms with Crippen molar-refractivity contribution in [2.24, 2.45) is 5.41 Å². The van der Waals surface area contributed by atoms with Crippen LogP contribution in [0.15, 0.2) is 30.3 Å². The summed E-state index contributed by atoms with van der Waals surface area (Å²) in [5, 5.41) is 9.05. The van der Waals surface area contributed by atoms with Crippen LogP contribution in [-0.2, 0) is 4.74 Å². The molecule has 3 heteroatoms. The van der Waals surface area contributed by atoms with Gasteiger partial charge < -0.3 is 14.6 Å². The summed E-state index contributed by atoms with van der Waals surface area (Å²) in [7, 11) is 0. The second-order valence-electron chi connectivity index (χ2n) is 4.08. The van der Waals surface area contributed by atoms with Crippen LogP contribution in [0.5, 0.6) is 5.75 Å². The van der Waals surface area contributed by atoms with Crippen molar-refractivity contribution in [2.75, 3.05) is 20.0 Å². The largest absolute Gasteiger partial charge is 0.468 e. The molecule has 0 saturated heterocycles. The van der Waals surface area contributed by atoms with Gasteiger partial charge in [0.25, 0.3) is 0 Å². The van der Waals surface area contributed by atoms with E-state index in [9.17, 15) is 0 Å². The minimum Gasteiger partial charge on any atom is -0.468 e. The van der Waals surface area contributed by atoms with Crippen LogP contribution in [0.2, 0.25) is 0 Å². The summed E-state index contributed by atoms with van der Waals surface area (Å²) in [5.41, 5.74) is 0.0417. The number of para-hydroxylation sites is 1. The fourth-order valence-corrected chi connectivity index (χ4v) is 1.41. The lowest BCUT2D eigenvalue weighted by atomic mass is 10.1. The highest BCUT2D eigenvalue weighted by molar-refractivity contribution is 5.20. The van der Waals surface area contributed by atoms with Gasteiger partial charge in [0, 0.05) is 5.41 Å². The van der Waals surface area contributed by atoms with Crippen LogP contribution in [0, 0.1) is 5.41 Å². The lowest BCUT2D eigenvalue weighted by molar-refractivity contribution is -0.0180. The molecule has 0 unspecified atom stereocenters. The Balaban J connectivity index is 1.63. The van der Waals surface area contributed by atoms with Crippen LogP contribution < -0.4 is 4.74 Å². The number of benzene rings is 1. The molecule has 1 aromatic carbocycles. The Morgan fingerprint density at radius 3 is 2.53 bits per heavy atom. The highest BCUT2D eigenvalue weighted by Gasteiger charge is 2.42. The van der Waals surface area contributed by atoms with Gasteiger partial charge in [0.1, 0.15) is 5.75 Å².